The number of rotatable bonds is 10. The molecule has 0 atom stereocenters. The van der Waals surface area contributed by atoms with Crippen LogP contribution in [0.5, 0.6) is 5.75 Å². The first kappa shape index (κ1) is 22.5. The van der Waals surface area contributed by atoms with Gasteiger partial charge in [0.15, 0.2) is 5.75 Å². The second-order valence-corrected chi connectivity index (χ2v) is 7.67. The number of hydroxylamine groups is 2. The average molecular weight is 457 g/mol. The van der Waals surface area contributed by atoms with Crippen LogP contribution in [0.1, 0.15) is 18.4 Å². The summed E-state index contributed by atoms with van der Waals surface area (Å²) in [5.74, 6) is 0.541. The topological polar surface area (TPSA) is 121 Å². The first-order valence-corrected chi connectivity index (χ1v) is 10.0. The number of hydrogen-bond acceptors (Lipinski definition) is 9. The van der Waals surface area contributed by atoms with E-state index in [4.69, 9.17) is 4.84 Å². The smallest absolute Gasteiger partial charge is 0.346 e. The van der Waals surface area contributed by atoms with Crippen LogP contribution in [-0.2, 0) is 11.3 Å². The van der Waals surface area contributed by atoms with Gasteiger partial charge in [-0.05, 0) is 30.5 Å². The van der Waals surface area contributed by atoms with Gasteiger partial charge in [-0.1, -0.05) is 6.07 Å². The molecule has 0 unspecified atom stereocenters. The van der Waals surface area contributed by atoms with Gasteiger partial charge in [0.1, 0.15) is 12.8 Å². The van der Waals surface area contributed by atoms with Crippen LogP contribution in [0.3, 0.4) is 0 Å². The maximum Gasteiger partial charge on any atom is 0.346 e. The Labute approximate surface area is 188 Å². The molecular weight excluding hydrogens is 436 g/mol. The lowest BCUT2D eigenvalue weighted by Crippen LogP contribution is -2.27. The van der Waals surface area contributed by atoms with Gasteiger partial charge in [0.05, 0.1) is 29.6 Å². The van der Waals surface area contributed by atoms with Crippen LogP contribution in [0.4, 0.5) is 20.4 Å². The first-order chi connectivity index (χ1) is 15.8. The van der Waals surface area contributed by atoms with E-state index >= 15 is 0 Å². The van der Waals surface area contributed by atoms with Gasteiger partial charge in [-0.15, -0.1) is 5.06 Å². The second-order valence-electron chi connectivity index (χ2n) is 7.67. The molecule has 1 aliphatic carbocycles. The monoisotopic (exact) mass is 457 g/mol. The molecule has 12 heteroatoms. The van der Waals surface area contributed by atoms with Gasteiger partial charge in [0.2, 0.25) is 5.95 Å². The summed E-state index contributed by atoms with van der Waals surface area (Å²) < 4.78 is 30.3. The summed E-state index contributed by atoms with van der Waals surface area (Å²) in [5, 5.41) is 27.6. The fourth-order valence-corrected chi connectivity index (χ4v) is 3.01. The van der Waals surface area contributed by atoms with Crippen molar-refractivity contribution in [3.8, 4) is 22.9 Å². The van der Waals surface area contributed by atoms with Gasteiger partial charge < -0.3 is 20.0 Å². The number of benzene rings is 1. The van der Waals surface area contributed by atoms with E-state index in [1.54, 1.807) is 47.7 Å². The third-order valence-electron chi connectivity index (χ3n) is 4.90. The third kappa shape index (κ3) is 5.98. The molecule has 3 aromatic rings. The van der Waals surface area contributed by atoms with Gasteiger partial charge >= 0.3 is 6.61 Å². The van der Waals surface area contributed by atoms with Gasteiger partial charge in [-0.25, -0.2) is 9.97 Å². The Bertz CT molecular complexity index is 1140. The molecule has 0 aliphatic heterocycles. The number of ether oxygens (including phenoxy) is 1. The van der Waals surface area contributed by atoms with Crippen molar-refractivity contribution in [1.82, 2.24) is 24.8 Å². The van der Waals surface area contributed by atoms with Crippen LogP contribution in [0.15, 0.2) is 43.0 Å². The highest BCUT2D eigenvalue weighted by atomic mass is 19.3. The number of nitriles is 1. The van der Waals surface area contributed by atoms with E-state index in [0.29, 0.717) is 29.3 Å². The highest BCUT2D eigenvalue weighted by Crippen LogP contribution is 2.36. The van der Waals surface area contributed by atoms with Crippen molar-refractivity contribution in [2.75, 3.05) is 19.1 Å². The molecule has 10 nitrogen and oxygen atoms in total. The molecular formula is C21H21F2N7O3. The molecule has 2 aromatic heterocycles. The van der Waals surface area contributed by atoms with Crippen LogP contribution in [0, 0.1) is 11.3 Å². The Hall–Kier alpha value is -3.66. The predicted molar refractivity (Wildman–Crippen MR) is 112 cm³/mol. The summed E-state index contributed by atoms with van der Waals surface area (Å²) in [6.07, 6.45) is 8.15. The molecule has 0 radical (unpaired) electrons. The summed E-state index contributed by atoms with van der Waals surface area (Å²) in [4.78, 5) is 14.1. The Morgan fingerprint density at radius 2 is 2.03 bits per heavy atom. The van der Waals surface area contributed by atoms with Gasteiger partial charge in [0.25, 0.3) is 0 Å². The maximum atomic E-state index is 12.2. The van der Waals surface area contributed by atoms with E-state index in [0.717, 1.165) is 17.9 Å². The maximum absolute atomic E-state index is 12.2. The minimum atomic E-state index is -2.93. The zero-order chi connectivity index (χ0) is 23.4. The van der Waals surface area contributed by atoms with Crippen LogP contribution < -0.4 is 10.2 Å². The molecule has 0 amide bonds. The molecule has 1 fully saturated rings. The van der Waals surface area contributed by atoms with E-state index in [1.165, 1.54) is 7.05 Å². The number of anilines is 2. The van der Waals surface area contributed by atoms with E-state index in [9.17, 15) is 19.1 Å². The van der Waals surface area contributed by atoms with Crippen molar-refractivity contribution in [3.63, 3.8) is 0 Å². The second kappa shape index (κ2) is 9.45. The average Bonchev–Trinajstić information content (AvgIpc) is 3.36. The predicted octanol–water partition coefficient (Wildman–Crippen LogP) is 2.90. The van der Waals surface area contributed by atoms with Crippen molar-refractivity contribution in [3.05, 3.63) is 48.5 Å². The molecule has 0 spiro atoms. The molecule has 1 saturated carbocycles. The standard InChI is InChI=1S/C21H21F2N7O3/c1-29(13-32-19(22)23)33-18-6-14(2-3-15(18)7-24)16-8-25-20(26-9-16)28-17-10-27-30(11-17)12-21(31)4-5-21/h2-3,6,8-11,19,31H,4-5,12-13H2,1H3,(H,25,26,28). The summed E-state index contributed by atoms with van der Waals surface area (Å²) in [6, 6.07) is 6.85. The summed E-state index contributed by atoms with van der Waals surface area (Å²) in [6.45, 7) is -2.96. The largest absolute Gasteiger partial charge is 0.403 e. The molecule has 33 heavy (non-hydrogen) atoms. The number of hydrogen-bond donors (Lipinski definition) is 2. The van der Waals surface area contributed by atoms with Crippen LogP contribution in [0.2, 0.25) is 0 Å². The highest BCUT2D eigenvalue weighted by molar-refractivity contribution is 5.66. The molecule has 2 N–H and O–H groups in total. The first-order valence-electron chi connectivity index (χ1n) is 10.0. The highest BCUT2D eigenvalue weighted by Gasteiger charge is 2.40. The number of aliphatic hydroxyl groups is 1. The summed E-state index contributed by atoms with van der Waals surface area (Å²) >= 11 is 0. The Kier molecular flexibility index (Phi) is 6.45. The van der Waals surface area contributed by atoms with E-state index in [2.05, 4.69) is 25.1 Å². The lowest BCUT2D eigenvalue weighted by atomic mass is 10.1. The number of nitrogens with one attached hydrogen (secondary N) is 1. The third-order valence-corrected chi connectivity index (χ3v) is 4.90. The lowest BCUT2D eigenvalue weighted by Gasteiger charge is -2.18. The molecule has 4 rings (SSSR count). The lowest BCUT2D eigenvalue weighted by molar-refractivity contribution is -0.204. The number of alkyl halides is 2. The summed E-state index contributed by atoms with van der Waals surface area (Å²) in [7, 11) is 1.41. The zero-order valence-corrected chi connectivity index (χ0v) is 17.7. The number of nitrogens with zero attached hydrogens (tertiary/aromatic N) is 6. The molecule has 1 aromatic carbocycles. The fraction of sp³-hybridized carbons (Fsp3) is 0.333. The van der Waals surface area contributed by atoms with Gasteiger partial charge in [-0.3, -0.25) is 4.68 Å². The van der Waals surface area contributed by atoms with E-state index in [1.807, 2.05) is 6.07 Å². The van der Waals surface area contributed by atoms with Gasteiger partial charge in [0, 0.05) is 31.2 Å². The van der Waals surface area contributed by atoms with Gasteiger partial charge in [-0.2, -0.15) is 19.1 Å². The van der Waals surface area contributed by atoms with Crippen molar-refractivity contribution < 1.29 is 23.5 Å². The van der Waals surface area contributed by atoms with Crippen molar-refractivity contribution in [2.24, 2.45) is 0 Å². The number of aromatic nitrogens is 4. The fourth-order valence-electron chi connectivity index (χ4n) is 3.01. The van der Waals surface area contributed by atoms with Crippen molar-refractivity contribution >= 4 is 11.6 Å². The quantitative estimate of drug-likeness (QED) is 0.350. The SMILES string of the molecule is CN(COC(F)F)Oc1cc(-c2cnc(Nc3cnn(CC4(O)CC4)c3)nc2)ccc1C#N. The Balaban J connectivity index is 1.43. The Morgan fingerprint density at radius 1 is 1.27 bits per heavy atom. The Morgan fingerprint density at radius 3 is 2.70 bits per heavy atom. The zero-order valence-electron chi connectivity index (χ0n) is 17.7. The number of halogens is 2. The minimum Gasteiger partial charge on any atom is -0.403 e. The van der Waals surface area contributed by atoms with Crippen LogP contribution in [-0.4, -0.2) is 55.9 Å². The van der Waals surface area contributed by atoms with Crippen LogP contribution in [0.25, 0.3) is 11.1 Å². The molecule has 1 aliphatic rings. The van der Waals surface area contributed by atoms with Crippen molar-refractivity contribution in [1.29, 1.82) is 5.26 Å². The van der Waals surface area contributed by atoms with Crippen LogP contribution >= 0.6 is 0 Å². The minimum absolute atomic E-state index is 0.183. The molecule has 2 heterocycles. The van der Waals surface area contributed by atoms with Crippen molar-refractivity contribution in [2.45, 2.75) is 31.6 Å². The normalized spacial score (nSPS) is 14.3. The van der Waals surface area contributed by atoms with E-state index < -0.39 is 18.9 Å². The molecule has 0 saturated heterocycles. The molecule has 172 valence electrons. The van der Waals surface area contributed by atoms with E-state index in [-0.39, 0.29) is 11.3 Å². The summed E-state index contributed by atoms with van der Waals surface area (Å²) in [5.41, 5.74) is 1.61. The molecule has 0 bridgehead atoms.